The number of carbonyl (C=O) groups is 2. The zero-order valence-corrected chi connectivity index (χ0v) is 18.5. The number of likely N-dealkylation sites (tertiary alicyclic amines) is 2. The third kappa shape index (κ3) is 8.99. The summed E-state index contributed by atoms with van der Waals surface area (Å²) < 4.78 is 0. The van der Waals surface area contributed by atoms with Crippen molar-refractivity contribution in [3.63, 3.8) is 0 Å². The highest BCUT2D eigenvalue weighted by Crippen LogP contribution is 2.19. The van der Waals surface area contributed by atoms with E-state index in [1.165, 1.54) is 45.2 Å². The summed E-state index contributed by atoms with van der Waals surface area (Å²) in [6.45, 7) is 9.02. The zero-order valence-electron chi connectivity index (χ0n) is 16.8. The molecule has 8 heteroatoms. The Labute approximate surface area is 176 Å². The van der Waals surface area contributed by atoms with Gasteiger partial charge < -0.3 is 20.9 Å². The second-order valence-electron chi connectivity index (χ2n) is 8.05. The summed E-state index contributed by atoms with van der Waals surface area (Å²) in [7, 11) is 0. The molecule has 0 aromatic carbocycles. The first-order valence-electron chi connectivity index (χ1n) is 10.0. The minimum absolute atomic E-state index is 0. The van der Waals surface area contributed by atoms with E-state index in [0.29, 0.717) is 5.92 Å². The van der Waals surface area contributed by atoms with E-state index >= 15 is 0 Å². The fourth-order valence-corrected chi connectivity index (χ4v) is 3.82. The molecule has 2 heterocycles. The summed E-state index contributed by atoms with van der Waals surface area (Å²) in [5, 5.41) is 2.70. The Morgan fingerprint density at radius 2 is 1.67 bits per heavy atom. The van der Waals surface area contributed by atoms with Gasteiger partial charge in [-0.15, -0.1) is 24.8 Å². The zero-order chi connectivity index (χ0) is 18.2. The third-order valence-electron chi connectivity index (χ3n) is 5.52. The Kier molecular flexibility index (Phi) is 13.3. The lowest BCUT2D eigenvalue weighted by Crippen LogP contribution is -2.50. The van der Waals surface area contributed by atoms with Crippen molar-refractivity contribution in [2.24, 2.45) is 17.6 Å². The molecule has 2 saturated heterocycles. The number of nitrogens with zero attached hydrogens (tertiary/aromatic N) is 2. The molecule has 0 radical (unpaired) electrons. The van der Waals surface area contributed by atoms with E-state index in [1.807, 2.05) is 18.7 Å². The molecule has 2 rings (SSSR count). The van der Waals surface area contributed by atoms with Crippen LogP contribution in [0.2, 0.25) is 0 Å². The molecule has 0 aliphatic carbocycles. The van der Waals surface area contributed by atoms with Crippen molar-refractivity contribution >= 4 is 36.6 Å². The molecule has 2 amide bonds. The monoisotopic (exact) mass is 424 g/mol. The first kappa shape index (κ1) is 26.4. The number of rotatable bonds is 6. The van der Waals surface area contributed by atoms with Crippen molar-refractivity contribution < 1.29 is 9.59 Å². The summed E-state index contributed by atoms with van der Waals surface area (Å²) >= 11 is 0. The number of nitrogens with one attached hydrogen (secondary N) is 1. The van der Waals surface area contributed by atoms with Crippen LogP contribution in [0.1, 0.15) is 52.4 Å². The Morgan fingerprint density at radius 3 is 2.26 bits per heavy atom. The molecule has 0 aromatic heterocycles. The van der Waals surface area contributed by atoms with Crippen molar-refractivity contribution in [2.45, 2.75) is 58.4 Å². The van der Waals surface area contributed by atoms with Crippen LogP contribution in [0.25, 0.3) is 0 Å². The van der Waals surface area contributed by atoms with Gasteiger partial charge in [-0.2, -0.15) is 0 Å². The van der Waals surface area contributed by atoms with Gasteiger partial charge in [0.2, 0.25) is 11.8 Å². The Bertz CT molecular complexity index is 443. The number of hydrogen-bond donors (Lipinski definition) is 2. The highest BCUT2D eigenvalue weighted by molar-refractivity contribution is 5.87. The van der Waals surface area contributed by atoms with E-state index in [2.05, 4.69) is 10.2 Å². The molecule has 0 spiro atoms. The summed E-state index contributed by atoms with van der Waals surface area (Å²) in [5.74, 6) is 0.416. The van der Waals surface area contributed by atoms with Crippen LogP contribution in [-0.2, 0) is 9.59 Å². The van der Waals surface area contributed by atoms with E-state index in [4.69, 9.17) is 5.73 Å². The molecular weight excluding hydrogens is 387 g/mol. The van der Waals surface area contributed by atoms with Crippen molar-refractivity contribution in [1.82, 2.24) is 15.1 Å². The molecule has 2 aliphatic rings. The molecule has 6 nitrogen and oxygen atoms in total. The lowest BCUT2D eigenvalue weighted by Gasteiger charge is -2.35. The van der Waals surface area contributed by atoms with Gasteiger partial charge in [-0.1, -0.05) is 26.7 Å². The van der Waals surface area contributed by atoms with Crippen LogP contribution in [0.5, 0.6) is 0 Å². The fourth-order valence-electron chi connectivity index (χ4n) is 3.82. The number of hydrogen-bond acceptors (Lipinski definition) is 4. The van der Waals surface area contributed by atoms with E-state index in [0.717, 1.165) is 26.1 Å². The summed E-state index contributed by atoms with van der Waals surface area (Å²) in [5.41, 5.74) is 5.82. The minimum Gasteiger partial charge on any atom is -0.346 e. The molecule has 27 heavy (non-hydrogen) atoms. The number of amides is 2. The van der Waals surface area contributed by atoms with Gasteiger partial charge in [-0.05, 0) is 50.6 Å². The van der Waals surface area contributed by atoms with Crippen molar-refractivity contribution in [3.05, 3.63) is 0 Å². The van der Waals surface area contributed by atoms with Crippen LogP contribution < -0.4 is 11.1 Å². The predicted molar refractivity (Wildman–Crippen MR) is 115 cm³/mol. The summed E-state index contributed by atoms with van der Waals surface area (Å²) in [6.07, 6.45) is 7.57. The number of piperidine rings is 1. The van der Waals surface area contributed by atoms with Gasteiger partial charge in [0.1, 0.15) is 0 Å². The van der Waals surface area contributed by atoms with E-state index in [1.54, 1.807) is 0 Å². The lowest BCUT2D eigenvalue weighted by molar-refractivity contribution is -0.134. The van der Waals surface area contributed by atoms with Gasteiger partial charge in [-0.25, -0.2) is 0 Å². The van der Waals surface area contributed by atoms with Crippen molar-refractivity contribution in [3.8, 4) is 0 Å². The van der Waals surface area contributed by atoms with Crippen molar-refractivity contribution in [1.29, 1.82) is 0 Å². The smallest absolute Gasteiger partial charge is 0.241 e. The van der Waals surface area contributed by atoms with Gasteiger partial charge in [-0.3, -0.25) is 9.59 Å². The third-order valence-corrected chi connectivity index (χ3v) is 5.52. The number of nitrogens with two attached hydrogens (primary N) is 1. The van der Waals surface area contributed by atoms with Crippen LogP contribution >= 0.6 is 24.8 Å². The maximum Gasteiger partial charge on any atom is 0.241 e. The van der Waals surface area contributed by atoms with Crippen LogP contribution in [-0.4, -0.2) is 66.9 Å². The molecule has 2 fully saturated rings. The molecule has 1 unspecified atom stereocenters. The largest absolute Gasteiger partial charge is 0.346 e. The van der Waals surface area contributed by atoms with Gasteiger partial charge in [0.25, 0.3) is 0 Å². The first-order chi connectivity index (χ1) is 12.0. The molecule has 2 aliphatic heterocycles. The second kappa shape index (κ2) is 13.6. The molecule has 2 atom stereocenters. The van der Waals surface area contributed by atoms with Crippen LogP contribution in [0.3, 0.4) is 0 Å². The first-order valence-corrected chi connectivity index (χ1v) is 10.0. The summed E-state index contributed by atoms with van der Waals surface area (Å²) in [4.78, 5) is 28.9. The highest BCUT2D eigenvalue weighted by Gasteiger charge is 2.26. The molecule has 0 saturated carbocycles. The predicted octanol–water partition coefficient (Wildman–Crippen LogP) is 2.04. The second-order valence-corrected chi connectivity index (χ2v) is 8.05. The quantitative estimate of drug-likeness (QED) is 0.683. The lowest BCUT2D eigenvalue weighted by atomic mass is 9.97. The van der Waals surface area contributed by atoms with E-state index in [9.17, 15) is 9.59 Å². The number of carbonyl (C=O) groups excluding carboxylic acids is 2. The van der Waals surface area contributed by atoms with Crippen LogP contribution in [0, 0.1) is 11.8 Å². The van der Waals surface area contributed by atoms with Gasteiger partial charge in [0.05, 0.1) is 12.6 Å². The van der Waals surface area contributed by atoms with E-state index < -0.39 is 6.04 Å². The van der Waals surface area contributed by atoms with E-state index in [-0.39, 0.29) is 49.1 Å². The Hall–Kier alpha value is -0.560. The maximum absolute atomic E-state index is 12.4. The van der Waals surface area contributed by atoms with Gasteiger partial charge in [0.15, 0.2) is 0 Å². The molecule has 0 bridgehead atoms. The molecule has 160 valence electrons. The SMILES string of the molecule is CC(C)[C@H](N)C(=O)NCC(=O)N1CCCC(CN2CCCCCC2)C1.Cl.Cl. The highest BCUT2D eigenvalue weighted by atomic mass is 35.5. The molecule has 3 N–H and O–H groups in total. The standard InChI is InChI=1S/C19H36N4O2.2ClH/c1-15(2)18(20)19(25)21-12-17(24)23-11-7-8-16(14-23)13-22-9-5-3-4-6-10-22;;/h15-16,18H,3-14,20H2,1-2H3,(H,21,25);2*1H/t16?,18-;;/m0../s1. The summed E-state index contributed by atoms with van der Waals surface area (Å²) in [6, 6.07) is -0.551. The topological polar surface area (TPSA) is 78.7 Å². The van der Waals surface area contributed by atoms with Crippen LogP contribution in [0.15, 0.2) is 0 Å². The Balaban J connectivity index is 0.00000338. The van der Waals surface area contributed by atoms with Crippen LogP contribution in [0.4, 0.5) is 0 Å². The average molecular weight is 425 g/mol. The average Bonchev–Trinajstić information content (AvgIpc) is 2.87. The fraction of sp³-hybridized carbons (Fsp3) is 0.895. The van der Waals surface area contributed by atoms with Gasteiger partial charge in [0, 0.05) is 19.6 Å². The molecular formula is C19H38Cl2N4O2. The maximum atomic E-state index is 12.4. The normalized spacial score (nSPS) is 22.2. The van der Waals surface area contributed by atoms with Crippen molar-refractivity contribution in [2.75, 3.05) is 39.3 Å². The molecule has 0 aromatic rings. The minimum atomic E-state index is -0.551. The number of halogens is 2. The van der Waals surface area contributed by atoms with Gasteiger partial charge >= 0.3 is 0 Å². The Morgan fingerprint density at radius 1 is 1.04 bits per heavy atom.